The van der Waals surface area contributed by atoms with Crippen molar-refractivity contribution in [3.05, 3.63) is 0 Å². The Kier molecular flexibility index (Phi) is 24.8. The van der Waals surface area contributed by atoms with Crippen LogP contribution in [0.25, 0.3) is 0 Å². The normalized spacial score (nSPS) is 16.5. The molecule has 0 heterocycles. The highest BCUT2D eigenvalue weighted by molar-refractivity contribution is 5.72. The smallest absolute Gasteiger partial charge is 0.309 e. The minimum Gasteiger partial charge on any atom is -0.460 e. The maximum absolute atomic E-state index is 12.4. The molecule has 0 spiro atoms. The quantitative estimate of drug-likeness (QED) is 0.0766. The zero-order valence-electron chi connectivity index (χ0n) is 26.4. The molecule has 0 aromatic rings. The number of carbonyl (C=O) groups is 1. The first-order chi connectivity index (χ1) is 18.3. The highest BCUT2D eigenvalue weighted by Gasteiger charge is 2.20. The molecule has 0 aliphatic rings. The topological polar surface area (TPSA) is 63.2 Å². The van der Waals surface area contributed by atoms with Crippen molar-refractivity contribution in [2.24, 2.45) is 5.92 Å². The Morgan fingerprint density at radius 1 is 0.526 bits per heavy atom. The van der Waals surface area contributed by atoms with Gasteiger partial charge in [0, 0.05) is 0 Å². The second-order valence-electron chi connectivity index (χ2n) is 11.2. The summed E-state index contributed by atoms with van der Waals surface area (Å²) in [5.41, 5.74) is 0. The summed E-state index contributed by atoms with van der Waals surface area (Å²) in [6.45, 7) is 18.6. The first-order valence-corrected chi connectivity index (χ1v) is 15.9. The summed E-state index contributed by atoms with van der Waals surface area (Å²) in [5.74, 6) is -0.113. The maximum Gasteiger partial charge on any atom is 0.309 e. The number of carbonyl (C=O) groups excluding carboxylic acids is 1. The van der Waals surface area contributed by atoms with Gasteiger partial charge < -0.3 is 23.7 Å². The molecular formula is C32H64O6. The third kappa shape index (κ3) is 21.2. The molecule has 0 bridgehead atoms. The van der Waals surface area contributed by atoms with Crippen molar-refractivity contribution in [1.82, 2.24) is 0 Å². The van der Waals surface area contributed by atoms with Crippen molar-refractivity contribution in [2.45, 2.75) is 169 Å². The lowest BCUT2D eigenvalue weighted by atomic mass is 10.00. The van der Waals surface area contributed by atoms with Gasteiger partial charge in [-0.05, 0) is 53.4 Å². The van der Waals surface area contributed by atoms with E-state index < -0.39 is 0 Å². The van der Waals surface area contributed by atoms with E-state index in [1.807, 2.05) is 27.7 Å². The molecule has 0 aromatic carbocycles. The third-order valence-electron chi connectivity index (χ3n) is 6.97. The summed E-state index contributed by atoms with van der Waals surface area (Å²) in [5, 5.41) is 0. The van der Waals surface area contributed by atoms with Gasteiger partial charge in [0.15, 0.2) is 0 Å². The van der Waals surface area contributed by atoms with Crippen LogP contribution >= 0.6 is 0 Å². The number of ether oxygens (including phenoxy) is 5. The van der Waals surface area contributed by atoms with Crippen LogP contribution in [0.3, 0.4) is 0 Å². The summed E-state index contributed by atoms with van der Waals surface area (Å²) in [6, 6.07) is 0. The fourth-order valence-electron chi connectivity index (χ4n) is 4.30. The second-order valence-corrected chi connectivity index (χ2v) is 11.2. The number of hydrogen-bond acceptors (Lipinski definition) is 6. The van der Waals surface area contributed by atoms with Crippen molar-refractivity contribution in [2.75, 3.05) is 26.4 Å². The lowest BCUT2D eigenvalue weighted by Crippen LogP contribution is -2.30. The molecule has 6 unspecified atom stereocenters. The molecule has 6 atom stereocenters. The molecule has 0 aliphatic heterocycles. The predicted octanol–water partition coefficient (Wildman–Crippen LogP) is 8.29. The van der Waals surface area contributed by atoms with Gasteiger partial charge in [-0.25, -0.2) is 0 Å². The van der Waals surface area contributed by atoms with E-state index >= 15 is 0 Å². The van der Waals surface area contributed by atoms with Crippen molar-refractivity contribution in [3.8, 4) is 0 Å². The Morgan fingerprint density at radius 3 is 1.50 bits per heavy atom. The van der Waals surface area contributed by atoms with Crippen LogP contribution in [-0.2, 0) is 28.5 Å². The average Bonchev–Trinajstić information content (AvgIpc) is 2.90. The lowest BCUT2D eigenvalue weighted by molar-refractivity contribution is -0.158. The molecule has 0 radical (unpaired) electrons. The Labute approximate surface area is 236 Å². The fourth-order valence-corrected chi connectivity index (χ4v) is 4.30. The average molecular weight is 545 g/mol. The van der Waals surface area contributed by atoms with Crippen LogP contribution in [0.1, 0.15) is 139 Å². The molecule has 0 aromatic heterocycles. The Bertz CT molecular complexity index is 528. The highest BCUT2D eigenvalue weighted by Crippen LogP contribution is 2.17. The zero-order chi connectivity index (χ0) is 28.6. The predicted molar refractivity (Wildman–Crippen MR) is 158 cm³/mol. The summed E-state index contributed by atoms with van der Waals surface area (Å²) in [7, 11) is 0. The standard InChI is InChI=1S/C32H64O6/c1-9-13-16-17-18-21-31(20-15-11-3)37-24-28(7)35-22-26(5)34-23-27(6)36-25-29(8)38-32(33)30(12-4)19-14-10-2/h26-31H,9-25H2,1-8H3. The molecule has 0 aliphatic carbocycles. The summed E-state index contributed by atoms with van der Waals surface area (Å²) < 4.78 is 29.6. The minimum atomic E-state index is -0.264. The maximum atomic E-state index is 12.4. The summed E-state index contributed by atoms with van der Waals surface area (Å²) in [6.07, 6.45) is 15.1. The highest BCUT2D eigenvalue weighted by atomic mass is 16.6. The van der Waals surface area contributed by atoms with E-state index in [-0.39, 0.29) is 36.3 Å². The van der Waals surface area contributed by atoms with Crippen LogP contribution in [-0.4, -0.2) is 62.9 Å². The molecule has 0 saturated heterocycles. The van der Waals surface area contributed by atoms with Gasteiger partial charge in [0.25, 0.3) is 0 Å². The molecular weight excluding hydrogens is 480 g/mol. The van der Waals surface area contributed by atoms with E-state index in [1.165, 1.54) is 44.9 Å². The largest absolute Gasteiger partial charge is 0.460 e. The van der Waals surface area contributed by atoms with Crippen molar-refractivity contribution in [1.29, 1.82) is 0 Å². The van der Waals surface area contributed by atoms with Crippen LogP contribution in [0, 0.1) is 5.92 Å². The monoisotopic (exact) mass is 544 g/mol. The second kappa shape index (κ2) is 25.3. The Hall–Kier alpha value is -0.690. The van der Waals surface area contributed by atoms with E-state index in [4.69, 9.17) is 23.7 Å². The number of unbranched alkanes of at least 4 members (excludes halogenated alkanes) is 6. The van der Waals surface area contributed by atoms with Gasteiger partial charge in [-0.1, -0.05) is 85.5 Å². The van der Waals surface area contributed by atoms with E-state index in [0.717, 1.165) is 38.5 Å². The minimum absolute atomic E-state index is 0.00965. The van der Waals surface area contributed by atoms with Crippen LogP contribution in [0.15, 0.2) is 0 Å². The Balaban J connectivity index is 4.11. The summed E-state index contributed by atoms with van der Waals surface area (Å²) in [4.78, 5) is 12.4. The summed E-state index contributed by atoms with van der Waals surface area (Å²) >= 11 is 0. The third-order valence-corrected chi connectivity index (χ3v) is 6.97. The van der Waals surface area contributed by atoms with Gasteiger partial charge in [0.05, 0.1) is 56.8 Å². The van der Waals surface area contributed by atoms with Crippen molar-refractivity contribution < 1.29 is 28.5 Å². The molecule has 0 saturated carbocycles. The van der Waals surface area contributed by atoms with Gasteiger partial charge in [-0.3, -0.25) is 4.79 Å². The fraction of sp³-hybridized carbons (Fsp3) is 0.969. The zero-order valence-corrected chi connectivity index (χ0v) is 26.4. The number of hydrogen-bond donors (Lipinski definition) is 0. The van der Waals surface area contributed by atoms with Crippen molar-refractivity contribution >= 4 is 5.97 Å². The first-order valence-electron chi connectivity index (χ1n) is 15.9. The van der Waals surface area contributed by atoms with Crippen LogP contribution in [0.4, 0.5) is 0 Å². The van der Waals surface area contributed by atoms with E-state index in [0.29, 0.717) is 32.5 Å². The van der Waals surface area contributed by atoms with E-state index in [2.05, 4.69) is 27.7 Å². The van der Waals surface area contributed by atoms with Crippen LogP contribution in [0.2, 0.25) is 0 Å². The van der Waals surface area contributed by atoms with Crippen LogP contribution < -0.4 is 0 Å². The molecule has 0 fully saturated rings. The molecule has 6 nitrogen and oxygen atoms in total. The van der Waals surface area contributed by atoms with Crippen LogP contribution in [0.5, 0.6) is 0 Å². The van der Waals surface area contributed by atoms with Gasteiger partial charge in [-0.2, -0.15) is 0 Å². The number of rotatable bonds is 27. The molecule has 38 heavy (non-hydrogen) atoms. The Morgan fingerprint density at radius 2 is 0.974 bits per heavy atom. The van der Waals surface area contributed by atoms with Gasteiger partial charge >= 0.3 is 5.97 Å². The molecule has 6 heteroatoms. The molecule has 0 amide bonds. The number of esters is 1. The molecule has 0 N–H and O–H groups in total. The molecule has 0 rings (SSSR count). The van der Waals surface area contributed by atoms with E-state index in [9.17, 15) is 4.79 Å². The molecule has 228 valence electrons. The first kappa shape index (κ1) is 37.3. The SMILES string of the molecule is CCCCCCCC(CCCC)OCC(C)OCC(C)OCC(C)OCC(C)OC(=O)C(CC)CCCC. The van der Waals surface area contributed by atoms with E-state index in [1.54, 1.807) is 0 Å². The van der Waals surface area contributed by atoms with Gasteiger partial charge in [0.2, 0.25) is 0 Å². The van der Waals surface area contributed by atoms with Gasteiger partial charge in [0.1, 0.15) is 6.10 Å². The van der Waals surface area contributed by atoms with Gasteiger partial charge in [-0.15, -0.1) is 0 Å². The lowest BCUT2D eigenvalue weighted by Gasteiger charge is -2.23. The van der Waals surface area contributed by atoms with Crippen molar-refractivity contribution in [3.63, 3.8) is 0 Å².